The monoisotopic (exact) mass is 293 g/mol. The summed E-state index contributed by atoms with van der Waals surface area (Å²) in [7, 11) is 0. The summed E-state index contributed by atoms with van der Waals surface area (Å²) in [6, 6.07) is 15.2. The van der Waals surface area contributed by atoms with E-state index < -0.39 is 0 Å². The maximum Gasteiger partial charge on any atom is 0.226 e. The Kier molecular flexibility index (Phi) is 5.16. The predicted molar refractivity (Wildman–Crippen MR) is 88.8 cm³/mol. The number of benzene rings is 2. The fraction of sp³-hybridized carbons (Fsp3) is 0.222. The molecule has 0 heterocycles. The Morgan fingerprint density at radius 3 is 2.64 bits per heavy atom. The minimum absolute atomic E-state index is 0.0507. The highest BCUT2D eigenvalue weighted by molar-refractivity contribution is 5.91. The summed E-state index contributed by atoms with van der Waals surface area (Å²) in [5.74, 6) is -0.0507. The lowest BCUT2D eigenvalue weighted by molar-refractivity contribution is -0.115. The molecule has 0 bridgehead atoms. The Balaban J connectivity index is 1.85. The fourth-order valence-electron chi connectivity index (χ4n) is 2.09. The van der Waals surface area contributed by atoms with Gasteiger partial charge in [0.2, 0.25) is 5.91 Å². The van der Waals surface area contributed by atoms with E-state index in [0.717, 1.165) is 16.9 Å². The van der Waals surface area contributed by atoms with Crippen molar-refractivity contribution in [1.29, 1.82) is 5.26 Å². The molecule has 4 heteroatoms. The van der Waals surface area contributed by atoms with Crippen LogP contribution in [0.15, 0.2) is 42.5 Å². The molecule has 2 N–H and O–H groups in total. The average molecular weight is 293 g/mol. The lowest BCUT2D eigenvalue weighted by atomic mass is 10.1. The molecular weight excluding hydrogens is 274 g/mol. The molecule has 0 aliphatic carbocycles. The van der Waals surface area contributed by atoms with E-state index in [1.54, 1.807) is 6.07 Å². The minimum atomic E-state index is -0.0507. The summed E-state index contributed by atoms with van der Waals surface area (Å²) in [6.07, 6.45) is 0.340. The number of nitriles is 1. The molecule has 0 radical (unpaired) electrons. The van der Waals surface area contributed by atoms with Gasteiger partial charge in [-0.1, -0.05) is 18.2 Å². The van der Waals surface area contributed by atoms with Crippen LogP contribution in [0.3, 0.4) is 0 Å². The van der Waals surface area contributed by atoms with Crippen molar-refractivity contribution in [2.24, 2.45) is 0 Å². The highest BCUT2D eigenvalue weighted by Gasteiger charge is 2.05. The Hall–Kier alpha value is -2.80. The van der Waals surface area contributed by atoms with Crippen molar-refractivity contribution >= 4 is 17.3 Å². The molecule has 1 amide bonds. The van der Waals surface area contributed by atoms with Crippen molar-refractivity contribution in [3.63, 3.8) is 0 Å². The number of rotatable bonds is 5. The largest absolute Gasteiger partial charge is 0.383 e. The van der Waals surface area contributed by atoms with Gasteiger partial charge in [-0.15, -0.1) is 0 Å². The first kappa shape index (κ1) is 15.6. The maximum atomic E-state index is 11.9. The Bertz CT molecular complexity index is 717. The van der Waals surface area contributed by atoms with Gasteiger partial charge in [0.15, 0.2) is 0 Å². The van der Waals surface area contributed by atoms with Crippen LogP contribution in [-0.4, -0.2) is 12.5 Å². The number of amides is 1. The molecule has 0 atom stereocenters. The van der Waals surface area contributed by atoms with Gasteiger partial charge in [-0.3, -0.25) is 4.79 Å². The Morgan fingerprint density at radius 1 is 1.14 bits per heavy atom. The second-order valence-electron chi connectivity index (χ2n) is 5.18. The highest BCUT2D eigenvalue weighted by Crippen LogP contribution is 2.15. The number of anilines is 2. The molecule has 0 saturated carbocycles. The second-order valence-corrected chi connectivity index (χ2v) is 5.18. The number of hydrogen-bond acceptors (Lipinski definition) is 3. The zero-order valence-corrected chi connectivity index (χ0v) is 12.8. The molecule has 0 aromatic heterocycles. The van der Waals surface area contributed by atoms with Gasteiger partial charge in [-0.05, 0) is 49.2 Å². The first-order chi connectivity index (χ1) is 10.6. The van der Waals surface area contributed by atoms with Crippen molar-refractivity contribution in [2.45, 2.75) is 20.3 Å². The zero-order valence-electron chi connectivity index (χ0n) is 12.8. The molecule has 2 rings (SSSR count). The van der Waals surface area contributed by atoms with E-state index in [-0.39, 0.29) is 5.91 Å². The number of hydrogen-bond donors (Lipinski definition) is 2. The van der Waals surface area contributed by atoms with Crippen molar-refractivity contribution in [2.75, 3.05) is 17.2 Å². The molecule has 4 nitrogen and oxygen atoms in total. The van der Waals surface area contributed by atoms with Crippen molar-refractivity contribution in [3.05, 3.63) is 59.2 Å². The van der Waals surface area contributed by atoms with E-state index in [2.05, 4.69) is 16.7 Å². The molecular formula is C18H19N3O. The maximum absolute atomic E-state index is 11.9. The predicted octanol–water partition coefficient (Wildman–Crippen LogP) is 3.62. The fourth-order valence-corrected chi connectivity index (χ4v) is 2.09. The van der Waals surface area contributed by atoms with Gasteiger partial charge >= 0.3 is 0 Å². The second kappa shape index (κ2) is 7.28. The number of aryl methyl sites for hydroxylation is 2. The van der Waals surface area contributed by atoms with E-state index in [4.69, 9.17) is 5.26 Å². The van der Waals surface area contributed by atoms with Gasteiger partial charge in [0.1, 0.15) is 6.07 Å². The molecule has 0 aliphatic heterocycles. The van der Waals surface area contributed by atoms with Gasteiger partial charge < -0.3 is 10.6 Å². The molecule has 0 spiro atoms. The van der Waals surface area contributed by atoms with Crippen LogP contribution in [0.5, 0.6) is 0 Å². The average Bonchev–Trinajstić information content (AvgIpc) is 2.51. The minimum Gasteiger partial charge on any atom is -0.383 e. The van der Waals surface area contributed by atoms with Crippen LogP contribution in [0.4, 0.5) is 11.4 Å². The summed E-state index contributed by atoms with van der Waals surface area (Å²) in [4.78, 5) is 11.9. The SMILES string of the molecule is Cc1ccc(NC(=O)CCNc2ccccc2C#N)cc1C. The quantitative estimate of drug-likeness (QED) is 0.885. The number of para-hydroxylation sites is 1. The molecule has 0 unspecified atom stereocenters. The molecule has 0 saturated heterocycles. The van der Waals surface area contributed by atoms with Crippen LogP contribution < -0.4 is 10.6 Å². The summed E-state index contributed by atoms with van der Waals surface area (Å²) >= 11 is 0. The molecule has 22 heavy (non-hydrogen) atoms. The van der Waals surface area contributed by atoms with Crippen LogP contribution in [0, 0.1) is 25.2 Å². The summed E-state index contributed by atoms with van der Waals surface area (Å²) < 4.78 is 0. The van der Waals surface area contributed by atoms with Gasteiger partial charge in [-0.25, -0.2) is 0 Å². The van der Waals surface area contributed by atoms with E-state index in [0.29, 0.717) is 18.5 Å². The van der Waals surface area contributed by atoms with Crippen molar-refractivity contribution in [1.82, 2.24) is 0 Å². The normalized spacial score (nSPS) is 9.86. The summed E-state index contributed by atoms with van der Waals surface area (Å²) in [5.41, 5.74) is 4.50. The number of carbonyl (C=O) groups excluding carboxylic acids is 1. The van der Waals surface area contributed by atoms with Crippen LogP contribution in [0.1, 0.15) is 23.1 Å². The topological polar surface area (TPSA) is 64.9 Å². The standard InChI is InChI=1S/C18H19N3O/c1-13-7-8-16(11-14(13)2)21-18(22)9-10-20-17-6-4-3-5-15(17)12-19/h3-8,11,20H,9-10H2,1-2H3,(H,21,22). The Morgan fingerprint density at radius 2 is 1.91 bits per heavy atom. The lowest BCUT2D eigenvalue weighted by Crippen LogP contribution is -2.16. The van der Waals surface area contributed by atoms with Crippen molar-refractivity contribution in [3.8, 4) is 6.07 Å². The van der Waals surface area contributed by atoms with Crippen molar-refractivity contribution < 1.29 is 4.79 Å². The van der Waals surface area contributed by atoms with Crippen LogP contribution in [-0.2, 0) is 4.79 Å². The van der Waals surface area contributed by atoms with Gasteiger partial charge in [0, 0.05) is 18.7 Å². The third-order valence-corrected chi connectivity index (χ3v) is 3.51. The third-order valence-electron chi connectivity index (χ3n) is 3.51. The third kappa shape index (κ3) is 4.10. The Labute approximate surface area is 130 Å². The van der Waals surface area contributed by atoms with E-state index >= 15 is 0 Å². The van der Waals surface area contributed by atoms with Crippen LogP contribution in [0.2, 0.25) is 0 Å². The van der Waals surface area contributed by atoms with E-state index in [9.17, 15) is 4.79 Å². The smallest absolute Gasteiger partial charge is 0.226 e. The lowest BCUT2D eigenvalue weighted by Gasteiger charge is -2.09. The number of carbonyl (C=O) groups is 1. The molecule has 0 aliphatic rings. The molecule has 112 valence electrons. The highest BCUT2D eigenvalue weighted by atomic mass is 16.1. The van der Waals surface area contributed by atoms with E-state index in [1.165, 1.54) is 5.56 Å². The number of nitrogens with one attached hydrogen (secondary N) is 2. The molecule has 2 aromatic carbocycles. The van der Waals surface area contributed by atoms with Crippen LogP contribution in [0.25, 0.3) is 0 Å². The van der Waals surface area contributed by atoms with Gasteiger partial charge in [0.25, 0.3) is 0 Å². The van der Waals surface area contributed by atoms with Crippen LogP contribution >= 0.6 is 0 Å². The molecule has 2 aromatic rings. The van der Waals surface area contributed by atoms with Gasteiger partial charge in [-0.2, -0.15) is 5.26 Å². The summed E-state index contributed by atoms with van der Waals surface area (Å²) in [5, 5.41) is 15.0. The number of nitrogens with zero attached hydrogens (tertiary/aromatic N) is 1. The van der Waals surface area contributed by atoms with E-state index in [1.807, 2.05) is 50.2 Å². The molecule has 0 fully saturated rings. The first-order valence-electron chi connectivity index (χ1n) is 7.20. The first-order valence-corrected chi connectivity index (χ1v) is 7.20. The summed E-state index contributed by atoms with van der Waals surface area (Å²) in [6.45, 7) is 4.54. The zero-order chi connectivity index (χ0) is 15.9. The van der Waals surface area contributed by atoms with Gasteiger partial charge in [0.05, 0.1) is 11.3 Å².